The minimum absolute atomic E-state index is 0.0333. The van der Waals surface area contributed by atoms with Gasteiger partial charge in [0, 0.05) is 21.9 Å². The molecule has 0 bridgehead atoms. The number of aryl methyl sites for hydroxylation is 1. The zero-order chi connectivity index (χ0) is 24.9. The third kappa shape index (κ3) is 3.88. The number of rotatable bonds is 4. The first-order valence-corrected chi connectivity index (χ1v) is 11.7. The lowest BCUT2D eigenvalue weighted by atomic mass is 9.85. The average molecular weight is 490 g/mol. The summed E-state index contributed by atoms with van der Waals surface area (Å²) in [5, 5.41) is 12.1. The molecule has 3 N–H and O–H groups in total. The Morgan fingerprint density at radius 2 is 1.78 bits per heavy atom. The Kier molecular flexibility index (Phi) is 5.24. The Morgan fingerprint density at radius 3 is 2.53 bits per heavy atom. The van der Waals surface area contributed by atoms with Gasteiger partial charge < -0.3 is 10.3 Å². The van der Waals surface area contributed by atoms with Crippen molar-refractivity contribution in [1.82, 2.24) is 30.5 Å². The number of nitrogens with one attached hydrogen (secondary N) is 3. The number of halogens is 3. The molecule has 3 heterocycles. The van der Waals surface area contributed by atoms with E-state index in [9.17, 15) is 18.0 Å². The lowest BCUT2D eigenvalue weighted by Gasteiger charge is -2.22. The molecule has 3 aromatic heterocycles. The number of aromatic amines is 2. The Balaban J connectivity index is 1.28. The second-order valence-electron chi connectivity index (χ2n) is 8.92. The molecule has 1 aliphatic carbocycles. The van der Waals surface area contributed by atoms with Crippen LogP contribution in [0.3, 0.4) is 0 Å². The minimum atomic E-state index is -4.51. The molecule has 0 saturated carbocycles. The maximum Gasteiger partial charge on any atom is 0.432 e. The quantitative estimate of drug-likeness (QED) is 0.317. The number of H-pyrrole nitrogens is 2. The monoisotopic (exact) mass is 490 g/mol. The van der Waals surface area contributed by atoms with Crippen molar-refractivity contribution >= 4 is 27.7 Å². The van der Waals surface area contributed by atoms with E-state index >= 15 is 0 Å². The van der Waals surface area contributed by atoms with Gasteiger partial charge in [0.25, 0.3) is 5.91 Å². The van der Waals surface area contributed by atoms with Crippen LogP contribution in [0.15, 0.2) is 48.8 Å². The number of alkyl halides is 3. The number of pyridine rings is 1. The lowest BCUT2D eigenvalue weighted by molar-refractivity contribution is -0.140. The van der Waals surface area contributed by atoms with Crippen molar-refractivity contribution < 1.29 is 18.0 Å². The molecule has 0 atom stereocenters. The number of hydrogen-bond donors (Lipinski definition) is 3. The summed E-state index contributed by atoms with van der Waals surface area (Å²) in [7, 11) is 0. The van der Waals surface area contributed by atoms with Crippen LogP contribution in [0.4, 0.5) is 13.2 Å². The highest BCUT2D eigenvalue weighted by atomic mass is 19.4. The third-order valence-electron chi connectivity index (χ3n) is 6.66. The Hall–Kier alpha value is -4.21. The van der Waals surface area contributed by atoms with Crippen LogP contribution in [0.25, 0.3) is 33.1 Å². The number of nitrogens with zero attached hydrogens (tertiary/aromatic N) is 3. The molecule has 1 aliphatic rings. The van der Waals surface area contributed by atoms with Crippen molar-refractivity contribution in [2.75, 3.05) is 0 Å². The molecule has 0 spiro atoms. The zero-order valence-electron chi connectivity index (χ0n) is 19.0. The van der Waals surface area contributed by atoms with Crippen LogP contribution in [0, 0.1) is 0 Å². The number of aromatic nitrogens is 5. The molecule has 6 rings (SSSR count). The van der Waals surface area contributed by atoms with Gasteiger partial charge in [-0.1, -0.05) is 12.1 Å². The summed E-state index contributed by atoms with van der Waals surface area (Å²) in [5.41, 5.74) is 5.74. The number of benzene rings is 2. The number of carbonyl (C=O) groups is 1. The second-order valence-corrected chi connectivity index (χ2v) is 8.92. The van der Waals surface area contributed by atoms with Crippen LogP contribution in [0.5, 0.6) is 0 Å². The van der Waals surface area contributed by atoms with Crippen LogP contribution < -0.4 is 5.32 Å². The molecule has 5 aromatic rings. The third-order valence-corrected chi connectivity index (χ3v) is 6.66. The smallest absolute Gasteiger partial charge is 0.345 e. The fourth-order valence-electron chi connectivity index (χ4n) is 4.93. The number of amides is 1. The number of carbonyl (C=O) groups excluding carboxylic acids is 1. The Morgan fingerprint density at radius 1 is 1.00 bits per heavy atom. The van der Waals surface area contributed by atoms with Gasteiger partial charge in [0.15, 0.2) is 0 Å². The highest BCUT2D eigenvalue weighted by Crippen LogP contribution is 2.37. The van der Waals surface area contributed by atoms with E-state index in [2.05, 4.69) is 25.5 Å². The molecule has 7 nitrogen and oxygen atoms in total. The van der Waals surface area contributed by atoms with Crippen molar-refractivity contribution in [3.63, 3.8) is 0 Å². The number of hydrogen-bond acceptors (Lipinski definition) is 4. The predicted molar refractivity (Wildman–Crippen MR) is 128 cm³/mol. The van der Waals surface area contributed by atoms with E-state index in [1.807, 2.05) is 30.5 Å². The molecular weight excluding hydrogens is 469 g/mol. The standard InChI is InChI=1S/C26H21F3N6O/c27-26(28,29)21-12-30-22(34-21)13-31-25(36)15-7-5-14(6-8-15)24-17-4-2-1-3-16(17)23-18-11-32-35-19(18)9-10-20(23)33-24/h5-12H,1-4,13H2,(H,30,34)(H,31,36)(H,32,35). The van der Waals surface area contributed by atoms with Crippen LogP contribution in [-0.2, 0) is 25.6 Å². The van der Waals surface area contributed by atoms with Gasteiger partial charge >= 0.3 is 6.18 Å². The summed E-state index contributed by atoms with van der Waals surface area (Å²) in [6, 6.07) is 11.1. The Labute approximate surface area is 203 Å². The summed E-state index contributed by atoms with van der Waals surface area (Å²) < 4.78 is 38.2. The van der Waals surface area contributed by atoms with Crippen LogP contribution in [0.1, 0.15) is 45.8 Å². The van der Waals surface area contributed by atoms with E-state index in [4.69, 9.17) is 4.98 Å². The molecule has 0 radical (unpaired) electrons. The van der Waals surface area contributed by atoms with Gasteiger partial charge in [0.05, 0.1) is 35.7 Å². The van der Waals surface area contributed by atoms with E-state index < -0.39 is 17.8 Å². The summed E-state index contributed by atoms with van der Waals surface area (Å²) in [4.78, 5) is 23.4. The van der Waals surface area contributed by atoms with Crippen molar-refractivity contribution in [3.05, 3.63) is 77.0 Å². The van der Waals surface area contributed by atoms with Crippen LogP contribution >= 0.6 is 0 Å². The first-order chi connectivity index (χ1) is 17.4. The van der Waals surface area contributed by atoms with Gasteiger partial charge in [-0.25, -0.2) is 9.97 Å². The molecular formula is C26H21F3N6O. The van der Waals surface area contributed by atoms with Crippen molar-refractivity contribution in [3.8, 4) is 11.3 Å². The average Bonchev–Trinajstić information content (AvgIpc) is 3.56. The number of fused-ring (bicyclic) bond motifs is 5. The molecule has 0 saturated heterocycles. The molecule has 10 heteroatoms. The topological polar surface area (TPSA) is 99.4 Å². The first-order valence-electron chi connectivity index (χ1n) is 11.7. The lowest BCUT2D eigenvalue weighted by Crippen LogP contribution is -2.23. The normalized spacial score (nSPS) is 13.8. The summed E-state index contributed by atoms with van der Waals surface area (Å²) in [5.74, 6) is -0.367. The van der Waals surface area contributed by atoms with Crippen LogP contribution in [-0.4, -0.2) is 31.1 Å². The fraction of sp³-hybridized carbons (Fsp3) is 0.231. The SMILES string of the molecule is O=C(NCc1ncc(C(F)(F)F)[nH]1)c1ccc(-c2nc3ccc4[nH]ncc4c3c3c2CCCC3)cc1. The summed E-state index contributed by atoms with van der Waals surface area (Å²) in [6.45, 7) is -0.140. The van der Waals surface area contributed by atoms with Gasteiger partial charge in [-0.05, 0) is 61.1 Å². The molecule has 182 valence electrons. The van der Waals surface area contributed by atoms with E-state index in [1.54, 1.807) is 12.1 Å². The maximum atomic E-state index is 12.7. The van der Waals surface area contributed by atoms with Gasteiger partial charge in [-0.2, -0.15) is 18.3 Å². The second kappa shape index (κ2) is 8.47. The molecule has 36 heavy (non-hydrogen) atoms. The zero-order valence-corrected chi connectivity index (χ0v) is 19.0. The largest absolute Gasteiger partial charge is 0.432 e. The summed E-state index contributed by atoms with van der Waals surface area (Å²) in [6.07, 6.45) is 2.20. The maximum absolute atomic E-state index is 12.7. The Bertz CT molecular complexity index is 1600. The van der Waals surface area contributed by atoms with E-state index in [0.29, 0.717) is 11.8 Å². The molecule has 2 aromatic carbocycles. The van der Waals surface area contributed by atoms with Gasteiger partial charge in [0.2, 0.25) is 0 Å². The molecule has 1 amide bonds. The minimum Gasteiger partial charge on any atom is -0.345 e. The van der Waals surface area contributed by atoms with Crippen molar-refractivity contribution in [2.45, 2.75) is 38.4 Å². The fourth-order valence-corrected chi connectivity index (χ4v) is 4.93. The van der Waals surface area contributed by atoms with Crippen molar-refractivity contribution in [2.24, 2.45) is 0 Å². The predicted octanol–water partition coefficient (Wildman–Crippen LogP) is 5.33. The van der Waals surface area contributed by atoms with Gasteiger partial charge in [-0.15, -0.1) is 0 Å². The molecule has 0 unspecified atom stereocenters. The highest BCUT2D eigenvalue weighted by Gasteiger charge is 2.33. The van der Waals surface area contributed by atoms with Gasteiger partial charge in [0.1, 0.15) is 11.5 Å². The molecule has 0 fully saturated rings. The number of imidazole rings is 1. The first kappa shape index (κ1) is 22.3. The van der Waals surface area contributed by atoms with Crippen LogP contribution in [0.2, 0.25) is 0 Å². The van der Waals surface area contributed by atoms with Crippen molar-refractivity contribution in [1.29, 1.82) is 0 Å². The van der Waals surface area contributed by atoms with E-state index in [1.165, 1.54) is 11.1 Å². The van der Waals surface area contributed by atoms with E-state index in [0.717, 1.165) is 58.7 Å². The van der Waals surface area contributed by atoms with E-state index in [-0.39, 0.29) is 12.4 Å². The highest BCUT2D eigenvalue weighted by molar-refractivity contribution is 6.07. The summed E-state index contributed by atoms with van der Waals surface area (Å²) >= 11 is 0. The molecule has 0 aliphatic heterocycles. The van der Waals surface area contributed by atoms with Gasteiger partial charge in [-0.3, -0.25) is 9.89 Å².